The average Bonchev–Trinajstić information content (AvgIpc) is 2.87. The standard InChI is InChI=1S/C28H26N2O4/c1-20-17-27(31)34-26-18-24(11-12-25(20)26)33-19-21-7-9-22(10-8-21)28(32)30-15-13-29(14-16-30)23-5-3-2-4-6-23/h2-12,17-18H,13-16,19H2,1H3. The minimum atomic E-state index is -0.371. The van der Waals surface area contributed by atoms with Gasteiger partial charge in [-0.25, -0.2) is 4.79 Å². The Balaban J connectivity index is 1.18. The lowest BCUT2D eigenvalue weighted by atomic mass is 10.1. The van der Waals surface area contributed by atoms with Gasteiger partial charge < -0.3 is 19.0 Å². The summed E-state index contributed by atoms with van der Waals surface area (Å²) in [6.07, 6.45) is 0. The molecule has 1 aromatic heterocycles. The van der Waals surface area contributed by atoms with Gasteiger partial charge in [0.15, 0.2) is 0 Å². The molecule has 1 amide bonds. The molecule has 1 fully saturated rings. The minimum Gasteiger partial charge on any atom is -0.489 e. The first-order chi connectivity index (χ1) is 16.6. The van der Waals surface area contributed by atoms with Crippen molar-refractivity contribution >= 4 is 22.6 Å². The number of hydrogen-bond donors (Lipinski definition) is 0. The van der Waals surface area contributed by atoms with Crippen LogP contribution in [0.3, 0.4) is 0 Å². The number of benzene rings is 3. The van der Waals surface area contributed by atoms with Crippen molar-refractivity contribution in [1.82, 2.24) is 4.90 Å². The molecule has 0 unspecified atom stereocenters. The van der Waals surface area contributed by atoms with Crippen LogP contribution in [0.15, 0.2) is 88.1 Å². The highest BCUT2D eigenvalue weighted by Gasteiger charge is 2.22. The summed E-state index contributed by atoms with van der Waals surface area (Å²) in [7, 11) is 0. The molecular formula is C28H26N2O4. The van der Waals surface area contributed by atoms with Crippen LogP contribution in [0.25, 0.3) is 11.0 Å². The molecule has 3 aromatic carbocycles. The molecular weight excluding hydrogens is 428 g/mol. The van der Waals surface area contributed by atoms with Crippen molar-refractivity contribution in [3.05, 3.63) is 106 Å². The Kier molecular flexibility index (Phi) is 6.04. The molecule has 2 heterocycles. The number of fused-ring (bicyclic) bond motifs is 1. The van der Waals surface area contributed by atoms with E-state index in [0.29, 0.717) is 36.6 Å². The molecule has 0 bridgehead atoms. The van der Waals surface area contributed by atoms with Gasteiger partial charge in [-0.2, -0.15) is 0 Å². The summed E-state index contributed by atoms with van der Waals surface area (Å²) in [6.45, 7) is 5.30. The molecule has 34 heavy (non-hydrogen) atoms. The number of aryl methyl sites for hydroxylation is 1. The van der Waals surface area contributed by atoms with Gasteiger partial charge in [0.2, 0.25) is 0 Å². The van der Waals surface area contributed by atoms with E-state index in [0.717, 1.165) is 29.6 Å². The van der Waals surface area contributed by atoms with E-state index in [4.69, 9.17) is 9.15 Å². The molecule has 6 nitrogen and oxygen atoms in total. The molecule has 0 radical (unpaired) electrons. The molecule has 0 saturated carbocycles. The van der Waals surface area contributed by atoms with E-state index in [9.17, 15) is 9.59 Å². The Hall–Kier alpha value is -4.06. The van der Waals surface area contributed by atoms with Crippen LogP contribution in [0.5, 0.6) is 5.75 Å². The van der Waals surface area contributed by atoms with E-state index in [1.807, 2.05) is 66.4 Å². The molecule has 1 aliphatic heterocycles. The van der Waals surface area contributed by atoms with E-state index < -0.39 is 0 Å². The molecule has 172 valence electrons. The fraction of sp³-hybridized carbons (Fsp3) is 0.214. The third kappa shape index (κ3) is 4.66. The van der Waals surface area contributed by atoms with E-state index in [2.05, 4.69) is 17.0 Å². The Bertz CT molecular complexity index is 1360. The molecule has 0 aliphatic carbocycles. The minimum absolute atomic E-state index is 0.0557. The SMILES string of the molecule is Cc1cc(=O)oc2cc(OCc3ccc(C(=O)N4CCN(c5ccccc5)CC4)cc3)ccc12. The number of carbonyl (C=O) groups excluding carboxylic acids is 1. The van der Waals surface area contributed by atoms with Gasteiger partial charge in [0, 0.05) is 54.9 Å². The van der Waals surface area contributed by atoms with Crippen molar-refractivity contribution in [2.45, 2.75) is 13.5 Å². The number of hydrogen-bond acceptors (Lipinski definition) is 5. The highest BCUT2D eigenvalue weighted by atomic mass is 16.5. The zero-order chi connectivity index (χ0) is 23.5. The number of amides is 1. The normalized spacial score (nSPS) is 13.8. The largest absolute Gasteiger partial charge is 0.489 e. The van der Waals surface area contributed by atoms with Gasteiger partial charge in [-0.1, -0.05) is 30.3 Å². The van der Waals surface area contributed by atoms with Crippen LogP contribution in [0.1, 0.15) is 21.5 Å². The van der Waals surface area contributed by atoms with Crippen LogP contribution in [0.2, 0.25) is 0 Å². The van der Waals surface area contributed by atoms with E-state index >= 15 is 0 Å². The topological polar surface area (TPSA) is 63.0 Å². The number of piperazine rings is 1. The highest BCUT2D eigenvalue weighted by Crippen LogP contribution is 2.23. The molecule has 4 aromatic rings. The van der Waals surface area contributed by atoms with Crippen LogP contribution >= 0.6 is 0 Å². The Morgan fingerprint density at radius 1 is 0.912 bits per heavy atom. The first-order valence-electron chi connectivity index (χ1n) is 11.4. The Morgan fingerprint density at radius 2 is 1.65 bits per heavy atom. The smallest absolute Gasteiger partial charge is 0.336 e. The summed E-state index contributed by atoms with van der Waals surface area (Å²) in [5.74, 6) is 0.679. The molecule has 6 heteroatoms. The van der Waals surface area contributed by atoms with Gasteiger partial charge in [-0.3, -0.25) is 4.79 Å². The van der Waals surface area contributed by atoms with Crippen molar-refractivity contribution in [3.63, 3.8) is 0 Å². The van der Waals surface area contributed by atoms with Crippen molar-refractivity contribution in [2.75, 3.05) is 31.1 Å². The molecule has 0 atom stereocenters. The molecule has 1 saturated heterocycles. The second-order valence-corrected chi connectivity index (χ2v) is 8.51. The van der Waals surface area contributed by atoms with Gasteiger partial charge in [0.1, 0.15) is 17.9 Å². The van der Waals surface area contributed by atoms with Gasteiger partial charge in [0.05, 0.1) is 0 Å². The third-order valence-corrected chi connectivity index (χ3v) is 6.22. The summed E-state index contributed by atoms with van der Waals surface area (Å²) >= 11 is 0. The van der Waals surface area contributed by atoms with Gasteiger partial charge in [-0.15, -0.1) is 0 Å². The summed E-state index contributed by atoms with van der Waals surface area (Å²) in [6, 6.07) is 24.8. The van der Waals surface area contributed by atoms with Crippen molar-refractivity contribution < 1.29 is 13.9 Å². The number of rotatable bonds is 5. The average molecular weight is 455 g/mol. The molecule has 5 rings (SSSR count). The quantitative estimate of drug-likeness (QED) is 0.411. The summed E-state index contributed by atoms with van der Waals surface area (Å²) < 4.78 is 11.2. The second kappa shape index (κ2) is 9.43. The maximum atomic E-state index is 13.0. The van der Waals surface area contributed by atoms with E-state index in [1.54, 1.807) is 6.07 Å². The highest BCUT2D eigenvalue weighted by molar-refractivity contribution is 5.94. The number of para-hydroxylation sites is 1. The fourth-order valence-electron chi connectivity index (χ4n) is 4.29. The third-order valence-electron chi connectivity index (χ3n) is 6.22. The summed E-state index contributed by atoms with van der Waals surface area (Å²) in [5, 5.41) is 0.888. The van der Waals surface area contributed by atoms with Gasteiger partial charge in [0.25, 0.3) is 5.91 Å². The predicted molar refractivity (Wildman–Crippen MR) is 133 cm³/mol. The van der Waals surface area contributed by atoms with Crippen LogP contribution in [-0.2, 0) is 6.61 Å². The predicted octanol–water partition coefficient (Wildman–Crippen LogP) is 4.64. The number of ether oxygens (including phenoxy) is 1. The van der Waals surface area contributed by atoms with Crippen molar-refractivity contribution in [2.24, 2.45) is 0 Å². The fourth-order valence-corrected chi connectivity index (χ4v) is 4.29. The van der Waals surface area contributed by atoms with Crippen LogP contribution < -0.4 is 15.3 Å². The number of carbonyl (C=O) groups is 1. The zero-order valence-electron chi connectivity index (χ0n) is 19.1. The van der Waals surface area contributed by atoms with Crippen molar-refractivity contribution in [3.8, 4) is 5.75 Å². The lowest BCUT2D eigenvalue weighted by molar-refractivity contribution is 0.0746. The zero-order valence-corrected chi connectivity index (χ0v) is 19.1. The molecule has 0 spiro atoms. The summed E-state index contributed by atoms with van der Waals surface area (Å²) in [4.78, 5) is 28.8. The molecule has 0 N–H and O–H groups in total. The van der Waals surface area contributed by atoms with Crippen LogP contribution in [0.4, 0.5) is 5.69 Å². The van der Waals surface area contributed by atoms with E-state index in [-0.39, 0.29) is 11.5 Å². The maximum absolute atomic E-state index is 13.0. The Labute approximate surface area is 198 Å². The molecule has 1 aliphatic rings. The number of nitrogens with zero attached hydrogens (tertiary/aromatic N) is 2. The lowest BCUT2D eigenvalue weighted by Crippen LogP contribution is -2.48. The summed E-state index contributed by atoms with van der Waals surface area (Å²) in [5.41, 5.74) is 3.85. The lowest BCUT2D eigenvalue weighted by Gasteiger charge is -2.36. The first-order valence-corrected chi connectivity index (χ1v) is 11.4. The Morgan fingerprint density at radius 3 is 2.38 bits per heavy atom. The number of anilines is 1. The van der Waals surface area contributed by atoms with Crippen molar-refractivity contribution in [1.29, 1.82) is 0 Å². The monoisotopic (exact) mass is 454 g/mol. The first kappa shape index (κ1) is 21.8. The van der Waals surface area contributed by atoms with Crippen LogP contribution in [0, 0.1) is 6.92 Å². The second-order valence-electron chi connectivity index (χ2n) is 8.51. The van der Waals surface area contributed by atoms with E-state index in [1.165, 1.54) is 11.8 Å². The van der Waals surface area contributed by atoms with Crippen LogP contribution in [-0.4, -0.2) is 37.0 Å². The maximum Gasteiger partial charge on any atom is 0.336 e. The van der Waals surface area contributed by atoms with Gasteiger partial charge in [-0.05, 0) is 54.4 Å². The van der Waals surface area contributed by atoms with Gasteiger partial charge >= 0.3 is 5.63 Å².